The van der Waals surface area contributed by atoms with Gasteiger partial charge in [-0.15, -0.1) is 10.2 Å². The van der Waals surface area contributed by atoms with Crippen LogP contribution in [0, 0.1) is 10.1 Å². The predicted octanol–water partition coefficient (Wildman–Crippen LogP) is 4.18. The molecule has 0 aliphatic rings. The van der Waals surface area contributed by atoms with Crippen LogP contribution in [0.2, 0.25) is 0 Å². The summed E-state index contributed by atoms with van der Waals surface area (Å²) in [6.07, 6.45) is 4.35. The highest BCUT2D eigenvalue weighted by atomic mass is 32.2. The lowest BCUT2D eigenvalue weighted by Crippen LogP contribution is -2.17. The Morgan fingerprint density at radius 3 is 2.62 bits per heavy atom. The molecule has 0 fully saturated rings. The minimum absolute atomic E-state index is 0.0960. The molecule has 4 aromatic rings. The van der Waals surface area contributed by atoms with Gasteiger partial charge in [0.25, 0.3) is 11.6 Å². The molecule has 0 aliphatic carbocycles. The van der Waals surface area contributed by atoms with Crippen LogP contribution in [0.3, 0.4) is 0 Å². The quantitative estimate of drug-likeness (QED) is 0.231. The number of nitrogens with zero attached hydrogens (tertiary/aromatic N) is 6. The number of nitro benzene ring substituents is 1. The lowest BCUT2D eigenvalue weighted by atomic mass is 10.2. The van der Waals surface area contributed by atoms with Crippen LogP contribution in [-0.2, 0) is 6.54 Å². The standard InChI is InChI=1S/C23H19N7O3S/c1-2-29-21(17-6-4-3-5-7-17)26-28-23(29)34-20-9-8-16(14-19(20)30(32)33)15-25-27-22(31)18-10-12-24-13-11-18/h3-15H,2H2,1H3,(H,27,31)/b25-15-. The summed E-state index contributed by atoms with van der Waals surface area (Å²) in [4.78, 5) is 27.6. The van der Waals surface area contributed by atoms with E-state index in [0.29, 0.717) is 33.5 Å². The van der Waals surface area contributed by atoms with Gasteiger partial charge in [0.15, 0.2) is 11.0 Å². The maximum Gasteiger partial charge on any atom is 0.283 e. The molecule has 1 amide bonds. The van der Waals surface area contributed by atoms with Gasteiger partial charge >= 0.3 is 0 Å². The summed E-state index contributed by atoms with van der Waals surface area (Å²) in [5.41, 5.74) is 4.08. The van der Waals surface area contributed by atoms with Crippen LogP contribution in [0.25, 0.3) is 11.4 Å². The Morgan fingerprint density at radius 1 is 1.15 bits per heavy atom. The Balaban J connectivity index is 1.54. The van der Waals surface area contributed by atoms with Crippen LogP contribution >= 0.6 is 11.8 Å². The third-order valence-electron chi connectivity index (χ3n) is 4.77. The van der Waals surface area contributed by atoms with Crippen molar-refractivity contribution in [2.45, 2.75) is 23.5 Å². The van der Waals surface area contributed by atoms with Gasteiger partial charge in [-0.05, 0) is 36.9 Å². The molecule has 10 nitrogen and oxygen atoms in total. The molecule has 4 rings (SSSR count). The van der Waals surface area contributed by atoms with E-state index < -0.39 is 10.8 Å². The lowest BCUT2D eigenvalue weighted by molar-refractivity contribution is -0.387. The molecule has 2 aromatic heterocycles. The second-order valence-corrected chi connectivity index (χ2v) is 7.95. The molecule has 0 radical (unpaired) electrons. The van der Waals surface area contributed by atoms with Crippen LogP contribution < -0.4 is 5.43 Å². The predicted molar refractivity (Wildman–Crippen MR) is 128 cm³/mol. The van der Waals surface area contributed by atoms with Crippen molar-refractivity contribution in [2.24, 2.45) is 5.10 Å². The SMILES string of the molecule is CCn1c(Sc2ccc(/C=N\NC(=O)c3ccncc3)cc2[N+](=O)[O-])nnc1-c1ccccc1. The summed E-state index contributed by atoms with van der Waals surface area (Å²) in [7, 11) is 0. The van der Waals surface area contributed by atoms with Gasteiger partial charge in [-0.25, -0.2) is 5.43 Å². The van der Waals surface area contributed by atoms with Gasteiger partial charge in [-0.1, -0.05) is 36.4 Å². The number of pyridine rings is 1. The van der Waals surface area contributed by atoms with E-state index in [9.17, 15) is 14.9 Å². The van der Waals surface area contributed by atoms with Crippen LogP contribution in [0.4, 0.5) is 5.69 Å². The van der Waals surface area contributed by atoms with E-state index in [1.165, 1.54) is 36.4 Å². The number of nitrogens with one attached hydrogen (secondary N) is 1. The first kappa shape index (κ1) is 22.8. The van der Waals surface area contributed by atoms with Gasteiger partial charge in [0.1, 0.15) is 0 Å². The summed E-state index contributed by atoms with van der Waals surface area (Å²) in [6.45, 7) is 2.57. The van der Waals surface area contributed by atoms with E-state index in [2.05, 4.69) is 25.7 Å². The zero-order valence-corrected chi connectivity index (χ0v) is 18.8. The first-order valence-electron chi connectivity index (χ1n) is 10.2. The largest absolute Gasteiger partial charge is 0.302 e. The molecular weight excluding hydrogens is 454 g/mol. The minimum atomic E-state index is -0.458. The smallest absolute Gasteiger partial charge is 0.283 e. The average Bonchev–Trinajstić information content (AvgIpc) is 3.28. The molecule has 0 unspecified atom stereocenters. The first-order chi connectivity index (χ1) is 16.6. The molecule has 34 heavy (non-hydrogen) atoms. The maximum atomic E-state index is 12.1. The molecule has 170 valence electrons. The number of amides is 1. The number of carbonyl (C=O) groups is 1. The van der Waals surface area contributed by atoms with Crippen LogP contribution in [0.1, 0.15) is 22.8 Å². The molecule has 0 bridgehead atoms. The summed E-state index contributed by atoms with van der Waals surface area (Å²) in [6, 6.07) is 17.5. The number of hydrogen-bond donors (Lipinski definition) is 1. The van der Waals surface area contributed by atoms with Crippen molar-refractivity contribution in [3.05, 3.63) is 94.3 Å². The molecule has 0 atom stereocenters. The maximum absolute atomic E-state index is 12.1. The molecule has 2 aromatic carbocycles. The number of hydrazone groups is 1. The molecule has 11 heteroatoms. The second-order valence-electron chi connectivity index (χ2n) is 6.94. The third-order valence-corrected chi connectivity index (χ3v) is 5.82. The Labute approximate surface area is 198 Å². The Morgan fingerprint density at radius 2 is 1.91 bits per heavy atom. The number of rotatable bonds is 8. The molecule has 0 saturated carbocycles. The summed E-state index contributed by atoms with van der Waals surface area (Å²) >= 11 is 1.17. The van der Waals surface area contributed by atoms with E-state index in [-0.39, 0.29) is 5.69 Å². The topological polar surface area (TPSA) is 128 Å². The summed E-state index contributed by atoms with van der Waals surface area (Å²) in [5.74, 6) is 0.287. The number of hydrogen-bond acceptors (Lipinski definition) is 8. The van der Waals surface area contributed by atoms with Gasteiger partial charge in [0.2, 0.25) is 0 Å². The zero-order chi connectivity index (χ0) is 23.9. The van der Waals surface area contributed by atoms with E-state index in [1.807, 2.05) is 41.8 Å². The molecule has 1 N–H and O–H groups in total. The third kappa shape index (κ3) is 5.15. The number of carbonyl (C=O) groups excluding carboxylic acids is 1. The molecular formula is C23H19N7O3S. The van der Waals surface area contributed by atoms with Crippen molar-refractivity contribution >= 4 is 29.6 Å². The van der Waals surface area contributed by atoms with Gasteiger partial charge < -0.3 is 4.57 Å². The summed E-state index contributed by atoms with van der Waals surface area (Å²) < 4.78 is 1.91. The highest BCUT2D eigenvalue weighted by Gasteiger charge is 2.20. The average molecular weight is 474 g/mol. The highest BCUT2D eigenvalue weighted by molar-refractivity contribution is 7.99. The van der Waals surface area contributed by atoms with Gasteiger partial charge in [0, 0.05) is 41.7 Å². The molecule has 0 spiro atoms. The fourth-order valence-corrected chi connectivity index (χ4v) is 4.10. The Bertz CT molecular complexity index is 1340. The zero-order valence-electron chi connectivity index (χ0n) is 18.0. The first-order valence-corrected chi connectivity index (χ1v) is 11.1. The normalized spacial score (nSPS) is 11.0. The van der Waals surface area contributed by atoms with E-state index in [0.717, 1.165) is 5.56 Å². The van der Waals surface area contributed by atoms with Crippen LogP contribution in [-0.4, -0.2) is 36.8 Å². The fourth-order valence-electron chi connectivity index (χ4n) is 3.13. The van der Waals surface area contributed by atoms with Crippen molar-refractivity contribution in [1.29, 1.82) is 0 Å². The fraction of sp³-hybridized carbons (Fsp3) is 0.0870. The van der Waals surface area contributed by atoms with Crippen molar-refractivity contribution in [2.75, 3.05) is 0 Å². The van der Waals surface area contributed by atoms with Crippen molar-refractivity contribution in [3.8, 4) is 11.4 Å². The minimum Gasteiger partial charge on any atom is -0.302 e. The van der Waals surface area contributed by atoms with Gasteiger partial charge in [-0.2, -0.15) is 5.10 Å². The van der Waals surface area contributed by atoms with E-state index in [1.54, 1.807) is 24.3 Å². The number of nitro groups is 1. The van der Waals surface area contributed by atoms with Crippen LogP contribution in [0.15, 0.2) is 88.2 Å². The molecule has 2 heterocycles. The Hall–Kier alpha value is -4.38. The van der Waals surface area contributed by atoms with Crippen molar-refractivity contribution in [1.82, 2.24) is 25.2 Å². The summed E-state index contributed by atoms with van der Waals surface area (Å²) in [5, 5.41) is 24.7. The van der Waals surface area contributed by atoms with E-state index in [4.69, 9.17) is 0 Å². The van der Waals surface area contributed by atoms with Gasteiger partial charge in [-0.3, -0.25) is 19.9 Å². The highest BCUT2D eigenvalue weighted by Crippen LogP contribution is 2.35. The van der Waals surface area contributed by atoms with Crippen molar-refractivity contribution in [3.63, 3.8) is 0 Å². The van der Waals surface area contributed by atoms with Crippen LogP contribution in [0.5, 0.6) is 0 Å². The molecule has 0 aliphatic heterocycles. The second kappa shape index (κ2) is 10.5. The lowest BCUT2D eigenvalue weighted by Gasteiger charge is -2.08. The van der Waals surface area contributed by atoms with Crippen molar-refractivity contribution < 1.29 is 9.72 Å². The van der Waals surface area contributed by atoms with Gasteiger partial charge in [0.05, 0.1) is 16.0 Å². The number of benzene rings is 2. The number of aromatic nitrogens is 4. The monoisotopic (exact) mass is 473 g/mol. The molecule has 0 saturated heterocycles. The van der Waals surface area contributed by atoms with E-state index >= 15 is 0 Å². The Kier molecular flexibility index (Phi) is 7.04.